The van der Waals surface area contributed by atoms with Crippen LogP contribution < -0.4 is 9.47 Å². The maximum absolute atomic E-state index is 12.3. The minimum absolute atomic E-state index is 0.108. The number of likely N-dealkylation sites (N-methyl/N-ethyl adjacent to an activating group) is 1. The van der Waals surface area contributed by atoms with E-state index in [-0.39, 0.29) is 13.2 Å². The van der Waals surface area contributed by atoms with E-state index in [0.29, 0.717) is 32.1 Å². The van der Waals surface area contributed by atoms with Crippen molar-refractivity contribution < 1.29 is 23.9 Å². The molecule has 0 aliphatic carbocycles. The predicted molar refractivity (Wildman–Crippen MR) is 97.4 cm³/mol. The molecule has 8 heteroatoms. The highest BCUT2D eigenvalue weighted by atomic mass is 16.5. The number of imide groups is 2. The zero-order chi connectivity index (χ0) is 19.6. The summed E-state index contributed by atoms with van der Waals surface area (Å²) in [4.78, 5) is 40.3. The number of carbonyl (C=O) groups is 3. The third kappa shape index (κ3) is 3.62. The van der Waals surface area contributed by atoms with Crippen LogP contribution >= 0.6 is 0 Å². The molecule has 1 aromatic carbocycles. The largest absolute Gasteiger partial charge is 0.490 e. The average Bonchev–Trinajstić information content (AvgIpc) is 2.85. The van der Waals surface area contributed by atoms with Gasteiger partial charge in [0.05, 0.1) is 19.9 Å². The third-order valence-corrected chi connectivity index (χ3v) is 4.75. The van der Waals surface area contributed by atoms with Crippen LogP contribution in [-0.2, 0) is 22.6 Å². The van der Waals surface area contributed by atoms with E-state index in [1.807, 2.05) is 30.9 Å². The number of urea groups is 1. The number of amides is 4. The lowest BCUT2D eigenvalue weighted by molar-refractivity contribution is -0.143. The number of carbonyl (C=O) groups excluding carboxylic acids is 3. The summed E-state index contributed by atoms with van der Waals surface area (Å²) < 4.78 is 11.4. The first-order valence-corrected chi connectivity index (χ1v) is 9.31. The molecular weight excluding hydrogens is 350 g/mol. The van der Waals surface area contributed by atoms with E-state index in [1.165, 1.54) is 5.56 Å². The van der Waals surface area contributed by atoms with Gasteiger partial charge >= 0.3 is 17.8 Å². The Bertz CT molecular complexity index is 764. The average molecular weight is 375 g/mol. The van der Waals surface area contributed by atoms with Gasteiger partial charge in [0.1, 0.15) is 0 Å². The second-order valence-corrected chi connectivity index (χ2v) is 6.44. The van der Waals surface area contributed by atoms with Crippen LogP contribution in [0.1, 0.15) is 31.9 Å². The third-order valence-electron chi connectivity index (χ3n) is 4.75. The van der Waals surface area contributed by atoms with Crippen molar-refractivity contribution in [2.75, 3.05) is 33.0 Å². The monoisotopic (exact) mass is 375 g/mol. The van der Waals surface area contributed by atoms with E-state index >= 15 is 0 Å². The van der Waals surface area contributed by atoms with Gasteiger partial charge in [0.25, 0.3) is 0 Å². The molecule has 1 saturated heterocycles. The summed E-state index contributed by atoms with van der Waals surface area (Å²) in [6, 6.07) is 3.43. The van der Waals surface area contributed by atoms with E-state index in [2.05, 4.69) is 0 Å². The molecule has 1 aromatic rings. The van der Waals surface area contributed by atoms with Crippen LogP contribution in [-0.4, -0.2) is 65.5 Å². The van der Waals surface area contributed by atoms with Crippen molar-refractivity contribution >= 4 is 17.8 Å². The number of hydrogen-bond acceptors (Lipinski definition) is 6. The van der Waals surface area contributed by atoms with Crippen LogP contribution in [0, 0.1) is 0 Å². The Kier molecular flexibility index (Phi) is 5.65. The lowest BCUT2D eigenvalue weighted by Gasteiger charge is -2.31. The highest BCUT2D eigenvalue weighted by Crippen LogP contribution is 2.34. The fraction of sp³-hybridized carbons (Fsp3) is 0.526. The highest BCUT2D eigenvalue weighted by molar-refractivity contribution is 6.44. The SMILES string of the molecule is CCOc1cc2c(cc1OCC)CN(CN1C(=O)C(=O)N(CC)C1=O)CC2. The molecule has 0 atom stereocenters. The van der Waals surface area contributed by atoms with Gasteiger partial charge in [-0.1, -0.05) is 0 Å². The lowest BCUT2D eigenvalue weighted by Crippen LogP contribution is -2.44. The normalized spacial score (nSPS) is 17.5. The fourth-order valence-corrected chi connectivity index (χ4v) is 3.43. The molecule has 2 heterocycles. The first-order chi connectivity index (χ1) is 13.0. The van der Waals surface area contributed by atoms with E-state index in [4.69, 9.17) is 9.47 Å². The summed E-state index contributed by atoms with van der Waals surface area (Å²) >= 11 is 0. The molecule has 0 N–H and O–H groups in total. The molecule has 3 rings (SSSR count). The number of fused-ring (bicyclic) bond motifs is 1. The Balaban J connectivity index is 1.76. The molecule has 2 aliphatic rings. The number of ether oxygens (including phenoxy) is 2. The Morgan fingerprint density at radius 1 is 0.889 bits per heavy atom. The molecule has 0 bridgehead atoms. The number of nitrogens with zero attached hydrogens (tertiary/aromatic N) is 3. The van der Waals surface area contributed by atoms with Crippen LogP contribution in [0.5, 0.6) is 11.5 Å². The molecule has 8 nitrogen and oxygen atoms in total. The standard InChI is InChI=1S/C19H25N3O5/c1-4-21-17(23)18(24)22(19(21)25)12-20-8-7-13-9-15(26-5-2)16(27-6-3)10-14(13)11-20/h9-10H,4-8,11-12H2,1-3H3. The quantitative estimate of drug-likeness (QED) is 0.532. The van der Waals surface area contributed by atoms with E-state index in [9.17, 15) is 14.4 Å². The van der Waals surface area contributed by atoms with E-state index in [0.717, 1.165) is 27.5 Å². The Morgan fingerprint density at radius 2 is 1.48 bits per heavy atom. The molecule has 4 amide bonds. The Morgan fingerprint density at radius 3 is 2.04 bits per heavy atom. The van der Waals surface area contributed by atoms with Gasteiger partial charge in [-0.3, -0.25) is 19.4 Å². The van der Waals surface area contributed by atoms with Gasteiger partial charge < -0.3 is 9.47 Å². The first kappa shape index (κ1) is 19.2. The highest BCUT2D eigenvalue weighted by Gasteiger charge is 2.44. The van der Waals surface area contributed by atoms with Crippen molar-refractivity contribution in [3.8, 4) is 11.5 Å². The zero-order valence-electron chi connectivity index (χ0n) is 16.0. The molecular formula is C19H25N3O5. The van der Waals surface area contributed by atoms with Gasteiger partial charge in [-0.25, -0.2) is 9.69 Å². The molecule has 1 fully saturated rings. The van der Waals surface area contributed by atoms with Gasteiger partial charge in [-0.05, 0) is 50.5 Å². The number of rotatable bonds is 7. The van der Waals surface area contributed by atoms with Crippen molar-refractivity contribution in [1.82, 2.24) is 14.7 Å². The van der Waals surface area contributed by atoms with Gasteiger partial charge in [0.2, 0.25) is 0 Å². The van der Waals surface area contributed by atoms with Crippen LogP contribution in [0.3, 0.4) is 0 Å². The van der Waals surface area contributed by atoms with Crippen LogP contribution in [0.15, 0.2) is 12.1 Å². The summed E-state index contributed by atoms with van der Waals surface area (Å²) in [5, 5.41) is 0. The summed E-state index contributed by atoms with van der Waals surface area (Å²) in [7, 11) is 0. The van der Waals surface area contributed by atoms with Crippen molar-refractivity contribution in [1.29, 1.82) is 0 Å². The van der Waals surface area contributed by atoms with Gasteiger partial charge in [0, 0.05) is 19.6 Å². The van der Waals surface area contributed by atoms with Crippen molar-refractivity contribution in [3.05, 3.63) is 23.3 Å². The maximum Gasteiger partial charge on any atom is 0.335 e. The summed E-state index contributed by atoms with van der Waals surface area (Å²) in [5.41, 5.74) is 2.24. The molecule has 0 aromatic heterocycles. The molecule has 2 aliphatic heterocycles. The molecule has 27 heavy (non-hydrogen) atoms. The van der Waals surface area contributed by atoms with Crippen LogP contribution in [0.4, 0.5) is 4.79 Å². The number of hydrogen-bond donors (Lipinski definition) is 0. The van der Waals surface area contributed by atoms with Gasteiger partial charge in [0.15, 0.2) is 11.5 Å². The van der Waals surface area contributed by atoms with E-state index in [1.54, 1.807) is 6.92 Å². The molecule has 0 radical (unpaired) electrons. The molecule has 0 unspecified atom stereocenters. The topological polar surface area (TPSA) is 79.4 Å². The minimum atomic E-state index is -0.755. The number of benzene rings is 1. The molecule has 0 spiro atoms. The second-order valence-electron chi connectivity index (χ2n) is 6.44. The summed E-state index contributed by atoms with van der Waals surface area (Å²) in [6.07, 6.45) is 0.767. The first-order valence-electron chi connectivity index (χ1n) is 9.31. The molecule has 146 valence electrons. The lowest BCUT2D eigenvalue weighted by atomic mass is 9.99. The predicted octanol–water partition coefficient (Wildman–Crippen LogP) is 1.61. The summed E-state index contributed by atoms with van der Waals surface area (Å²) in [6.45, 7) is 8.18. The summed E-state index contributed by atoms with van der Waals surface area (Å²) in [5.74, 6) is -0.0736. The fourth-order valence-electron chi connectivity index (χ4n) is 3.43. The minimum Gasteiger partial charge on any atom is -0.490 e. The van der Waals surface area contributed by atoms with Gasteiger partial charge in [-0.15, -0.1) is 0 Å². The van der Waals surface area contributed by atoms with Crippen LogP contribution in [0.25, 0.3) is 0 Å². The van der Waals surface area contributed by atoms with Crippen molar-refractivity contribution in [2.45, 2.75) is 33.7 Å². The Labute approximate surface area is 158 Å². The Hall–Kier alpha value is -2.61. The van der Waals surface area contributed by atoms with Crippen LogP contribution in [0.2, 0.25) is 0 Å². The van der Waals surface area contributed by atoms with Gasteiger partial charge in [-0.2, -0.15) is 0 Å². The maximum atomic E-state index is 12.3. The smallest absolute Gasteiger partial charge is 0.335 e. The second kappa shape index (κ2) is 7.96. The molecule has 0 saturated carbocycles. The van der Waals surface area contributed by atoms with Crippen molar-refractivity contribution in [3.63, 3.8) is 0 Å². The van der Waals surface area contributed by atoms with Crippen molar-refractivity contribution in [2.24, 2.45) is 0 Å². The zero-order valence-corrected chi connectivity index (χ0v) is 16.0. The van der Waals surface area contributed by atoms with E-state index < -0.39 is 17.8 Å².